The largest absolute Gasteiger partial charge is 0.359 e. The highest BCUT2D eigenvalue weighted by atomic mass is 16.2. The van der Waals surface area contributed by atoms with E-state index in [-0.39, 0.29) is 17.7 Å². The number of nitrogens with zero attached hydrogens (tertiary/aromatic N) is 2. The quantitative estimate of drug-likeness (QED) is 0.881. The fourth-order valence-corrected chi connectivity index (χ4v) is 2.98. The van der Waals surface area contributed by atoms with E-state index < -0.39 is 5.92 Å². The molecule has 0 aliphatic carbocycles. The van der Waals surface area contributed by atoms with Gasteiger partial charge < -0.3 is 15.1 Å². The molecule has 6 heteroatoms. The van der Waals surface area contributed by atoms with Gasteiger partial charge in [-0.25, -0.2) is 0 Å². The maximum atomic E-state index is 12.7. The zero-order chi connectivity index (χ0) is 17.7. The first-order chi connectivity index (χ1) is 11.4. The second-order valence-electron chi connectivity index (χ2n) is 6.22. The van der Waals surface area contributed by atoms with Crippen molar-refractivity contribution < 1.29 is 14.4 Å². The third kappa shape index (κ3) is 4.34. The molecule has 24 heavy (non-hydrogen) atoms. The van der Waals surface area contributed by atoms with Crippen molar-refractivity contribution in [1.82, 2.24) is 15.1 Å². The predicted molar refractivity (Wildman–Crippen MR) is 91.3 cm³/mol. The van der Waals surface area contributed by atoms with E-state index in [2.05, 4.69) is 5.32 Å². The summed E-state index contributed by atoms with van der Waals surface area (Å²) in [5, 5.41) is 2.63. The summed E-state index contributed by atoms with van der Waals surface area (Å²) in [6, 6.07) is 7.80. The first kappa shape index (κ1) is 18.0. The lowest BCUT2D eigenvalue weighted by molar-refractivity contribution is -0.132. The van der Waals surface area contributed by atoms with E-state index in [1.165, 1.54) is 6.92 Å². The topological polar surface area (TPSA) is 69.7 Å². The zero-order valence-electron chi connectivity index (χ0n) is 14.5. The highest BCUT2D eigenvalue weighted by molar-refractivity contribution is 5.83. The van der Waals surface area contributed by atoms with Gasteiger partial charge >= 0.3 is 0 Å². The summed E-state index contributed by atoms with van der Waals surface area (Å²) in [6.45, 7) is 5.08. The maximum absolute atomic E-state index is 12.7. The third-order valence-electron chi connectivity index (χ3n) is 4.54. The molecule has 2 rings (SSSR count). The molecule has 0 spiro atoms. The van der Waals surface area contributed by atoms with Gasteiger partial charge in [-0.2, -0.15) is 0 Å². The molecule has 1 aliphatic rings. The summed E-state index contributed by atoms with van der Waals surface area (Å²) in [5.74, 6) is -0.625. The number of carbonyl (C=O) groups excluding carboxylic acids is 3. The number of nitrogens with one attached hydrogen (secondary N) is 1. The molecule has 1 saturated heterocycles. The fraction of sp³-hybridized carbons (Fsp3) is 0.500. The molecule has 0 saturated carbocycles. The van der Waals surface area contributed by atoms with Crippen LogP contribution in [0.2, 0.25) is 0 Å². The minimum Gasteiger partial charge on any atom is -0.359 e. The number of benzene rings is 1. The van der Waals surface area contributed by atoms with Gasteiger partial charge in [-0.1, -0.05) is 24.3 Å². The summed E-state index contributed by atoms with van der Waals surface area (Å²) in [7, 11) is 1.57. The van der Waals surface area contributed by atoms with Crippen molar-refractivity contribution in [3.63, 3.8) is 0 Å². The van der Waals surface area contributed by atoms with Crippen LogP contribution >= 0.6 is 0 Å². The van der Waals surface area contributed by atoms with Crippen LogP contribution < -0.4 is 5.32 Å². The number of amides is 3. The normalized spacial score (nSPS) is 18.0. The minimum atomic E-state index is -0.401. The van der Waals surface area contributed by atoms with Crippen molar-refractivity contribution in [2.24, 2.45) is 5.92 Å². The Balaban J connectivity index is 2.13. The van der Waals surface area contributed by atoms with Crippen LogP contribution in [0.1, 0.15) is 18.1 Å². The van der Waals surface area contributed by atoms with Crippen LogP contribution in [-0.4, -0.2) is 60.7 Å². The number of rotatable bonds is 3. The second kappa shape index (κ2) is 7.95. The number of hydrogen-bond acceptors (Lipinski definition) is 3. The van der Waals surface area contributed by atoms with Crippen molar-refractivity contribution in [3.8, 4) is 0 Å². The Morgan fingerprint density at radius 1 is 1.12 bits per heavy atom. The van der Waals surface area contributed by atoms with Gasteiger partial charge in [-0.15, -0.1) is 0 Å². The van der Waals surface area contributed by atoms with Gasteiger partial charge in [0, 0.05) is 40.2 Å². The van der Waals surface area contributed by atoms with Gasteiger partial charge in [-0.3, -0.25) is 14.4 Å². The molecule has 3 amide bonds. The molecular weight excluding hydrogens is 306 g/mol. The fourth-order valence-electron chi connectivity index (χ4n) is 2.98. The Labute approximate surface area is 142 Å². The summed E-state index contributed by atoms with van der Waals surface area (Å²) in [6.07, 6.45) is 0.313. The molecule has 1 fully saturated rings. The van der Waals surface area contributed by atoms with Crippen molar-refractivity contribution in [2.75, 3.05) is 33.2 Å². The van der Waals surface area contributed by atoms with Crippen molar-refractivity contribution >= 4 is 17.7 Å². The van der Waals surface area contributed by atoms with E-state index in [4.69, 9.17) is 0 Å². The average Bonchev–Trinajstić information content (AvgIpc) is 2.79. The smallest absolute Gasteiger partial charge is 0.227 e. The van der Waals surface area contributed by atoms with E-state index in [9.17, 15) is 14.4 Å². The van der Waals surface area contributed by atoms with E-state index in [1.54, 1.807) is 16.8 Å². The number of carbonyl (C=O) groups is 3. The Kier molecular flexibility index (Phi) is 5.95. The van der Waals surface area contributed by atoms with E-state index in [1.807, 2.05) is 31.2 Å². The van der Waals surface area contributed by atoms with Crippen LogP contribution in [-0.2, 0) is 20.8 Å². The summed E-state index contributed by atoms with van der Waals surface area (Å²) in [5.41, 5.74) is 2.07. The van der Waals surface area contributed by atoms with Crippen LogP contribution in [0.5, 0.6) is 0 Å². The SMILES string of the molecule is CNC(=O)C1CN(C(C)=O)CCN(C(=O)Cc2ccccc2C)C1. The van der Waals surface area contributed by atoms with Crippen LogP contribution in [0.25, 0.3) is 0 Å². The first-order valence-corrected chi connectivity index (χ1v) is 8.21. The van der Waals surface area contributed by atoms with Gasteiger partial charge in [0.1, 0.15) is 0 Å². The standard InChI is InChI=1S/C18H25N3O3/c1-13-6-4-5-7-15(13)10-17(23)21-9-8-20(14(2)22)11-16(12-21)18(24)19-3/h4-7,16H,8-12H2,1-3H3,(H,19,24). The molecule has 1 unspecified atom stereocenters. The third-order valence-corrected chi connectivity index (χ3v) is 4.54. The monoisotopic (exact) mass is 331 g/mol. The summed E-state index contributed by atoms with van der Waals surface area (Å²) in [4.78, 5) is 39.8. The van der Waals surface area contributed by atoms with Gasteiger partial charge in [0.15, 0.2) is 0 Å². The lowest BCUT2D eigenvalue weighted by Gasteiger charge is -2.23. The average molecular weight is 331 g/mol. The van der Waals surface area contributed by atoms with Gasteiger partial charge in [0.05, 0.1) is 12.3 Å². The van der Waals surface area contributed by atoms with Crippen LogP contribution in [0.15, 0.2) is 24.3 Å². The molecule has 1 aromatic rings. The number of hydrogen-bond donors (Lipinski definition) is 1. The molecule has 1 atom stereocenters. The summed E-state index contributed by atoms with van der Waals surface area (Å²) < 4.78 is 0. The molecule has 0 aromatic heterocycles. The Morgan fingerprint density at radius 2 is 1.75 bits per heavy atom. The molecular formula is C18H25N3O3. The van der Waals surface area contributed by atoms with Gasteiger partial charge in [0.2, 0.25) is 17.7 Å². The van der Waals surface area contributed by atoms with Crippen molar-refractivity contribution in [2.45, 2.75) is 20.3 Å². The van der Waals surface area contributed by atoms with Gasteiger partial charge in [-0.05, 0) is 18.1 Å². The lowest BCUT2D eigenvalue weighted by Crippen LogP contribution is -2.42. The molecule has 6 nitrogen and oxygen atoms in total. The Morgan fingerprint density at radius 3 is 2.38 bits per heavy atom. The highest BCUT2D eigenvalue weighted by Gasteiger charge is 2.30. The molecule has 1 heterocycles. The molecule has 0 radical (unpaired) electrons. The molecule has 130 valence electrons. The van der Waals surface area contributed by atoms with E-state index >= 15 is 0 Å². The van der Waals surface area contributed by atoms with Crippen molar-refractivity contribution in [1.29, 1.82) is 0 Å². The minimum absolute atomic E-state index is 0.0106. The van der Waals surface area contributed by atoms with Crippen LogP contribution in [0.3, 0.4) is 0 Å². The summed E-state index contributed by atoms with van der Waals surface area (Å²) >= 11 is 0. The van der Waals surface area contributed by atoms with E-state index in [0.717, 1.165) is 11.1 Å². The highest BCUT2D eigenvalue weighted by Crippen LogP contribution is 2.14. The zero-order valence-corrected chi connectivity index (χ0v) is 14.5. The molecule has 1 aromatic carbocycles. The maximum Gasteiger partial charge on any atom is 0.227 e. The molecule has 0 bridgehead atoms. The second-order valence-corrected chi connectivity index (χ2v) is 6.22. The Bertz CT molecular complexity index is 630. The molecule has 1 N–H and O–H groups in total. The lowest BCUT2D eigenvalue weighted by atomic mass is 10.0. The van der Waals surface area contributed by atoms with Gasteiger partial charge in [0.25, 0.3) is 0 Å². The van der Waals surface area contributed by atoms with Crippen LogP contribution in [0.4, 0.5) is 0 Å². The Hall–Kier alpha value is -2.37. The predicted octanol–water partition coefficient (Wildman–Crippen LogP) is 0.590. The van der Waals surface area contributed by atoms with Crippen molar-refractivity contribution in [3.05, 3.63) is 35.4 Å². The number of aryl methyl sites for hydroxylation is 1. The van der Waals surface area contributed by atoms with E-state index in [0.29, 0.717) is 32.6 Å². The molecule has 1 aliphatic heterocycles. The first-order valence-electron chi connectivity index (χ1n) is 8.21. The van der Waals surface area contributed by atoms with Crippen LogP contribution in [0, 0.1) is 12.8 Å².